The van der Waals surface area contributed by atoms with Crippen LogP contribution < -0.4 is 5.32 Å². The molecule has 0 saturated heterocycles. The lowest BCUT2D eigenvalue weighted by Crippen LogP contribution is -2.33. The van der Waals surface area contributed by atoms with Gasteiger partial charge in [-0.25, -0.2) is 9.78 Å². The van der Waals surface area contributed by atoms with Crippen LogP contribution in [-0.4, -0.2) is 41.0 Å². The maximum atomic E-state index is 11.6. The third-order valence-electron chi connectivity index (χ3n) is 2.78. The van der Waals surface area contributed by atoms with Crippen molar-refractivity contribution in [3.8, 4) is 0 Å². The molecule has 0 aromatic carbocycles. The van der Waals surface area contributed by atoms with Crippen LogP contribution in [0.3, 0.4) is 0 Å². The Morgan fingerprint density at radius 3 is 2.77 bits per heavy atom. The molecule has 6 heteroatoms. The first-order valence-corrected chi connectivity index (χ1v) is 7.81. The van der Waals surface area contributed by atoms with E-state index in [-0.39, 0.29) is 6.09 Å². The van der Waals surface area contributed by atoms with Crippen LogP contribution in [0.1, 0.15) is 40.3 Å². The van der Waals surface area contributed by atoms with Crippen LogP contribution in [-0.2, 0) is 22.4 Å². The van der Waals surface area contributed by atoms with E-state index in [1.54, 1.807) is 6.33 Å². The van der Waals surface area contributed by atoms with Gasteiger partial charge in [-0.3, -0.25) is 0 Å². The van der Waals surface area contributed by atoms with Crippen molar-refractivity contribution in [1.29, 1.82) is 0 Å². The molecular weight excluding hydrogens is 282 g/mol. The Morgan fingerprint density at radius 1 is 1.41 bits per heavy atom. The fraction of sp³-hybridized carbons (Fsp3) is 0.750. The van der Waals surface area contributed by atoms with Crippen molar-refractivity contribution in [2.45, 2.75) is 53.2 Å². The zero-order valence-electron chi connectivity index (χ0n) is 14.4. The molecule has 1 aromatic heterocycles. The Morgan fingerprint density at radius 2 is 2.14 bits per heavy atom. The minimum absolute atomic E-state index is 0.390. The fourth-order valence-electron chi connectivity index (χ4n) is 1.85. The molecule has 1 rings (SSSR count). The van der Waals surface area contributed by atoms with Gasteiger partial charge in [-0.15, -0.1) is 0 Å². The van der Waals surface area contributed by atoms with E-state index in [0.29, 0.717) is 25.5 Å². The average molecular weight is 311 g/mol. The zero-order chi connectivity index (χ0) is 16.6. The largest absolute Gasteiger partial charge is 0.444 e. The van der Waals surface area contributed by atoms with Gasteiger partial charge in [0.1, 0.15) is 5.60 Å². The van der Waals surface area contributed by atoms with Gasteiger partial charge in [0.15, 0.2) is 0 Å². The van der Waals surface area contributed by atoms with Crippen molar-refractivity contribution in [1.82, 2.24) is 14.9 Å². The van der Waals surface area contributed by atoms with E-state index in [2.05, 4.69) is 28.7 Å². The number of ether oxygens (including phenoxy) is 2. The van der Waals surface area contributed by atoms with Crippen molar-refractivity contribution < 1.29 is 14.3 Å². The lowest BCUT2D eigenvalue weighted by Gasteiger charge is -2.19. The Labute approximate surface area is 133 Å². The fourth-order valence-corrected chi connectivity index (χ4v) is 1.85. The van der Waals surface area contributed by atoms with Crippen molar-refractivity contribution in [3.05, 3.63) is 18.2 Å². The standard InChI is InChI=1S/C16H29N3O3/c1-13(2)11-21-9-8-19-12-17-10-14(19)6-7-18-15(20)22-16(3,4)5/h10,12-13H,6-9,11H2,1-5H3,(H,18,20). The molecule has 6 nitrogen and oxygen atoms in total. The molecule has 0 unspecified atom stereocenters. The highest BCUT2D eigenvalue weighted by atomic mass is 16.6. The Hall–Kier alpha value is -1.56. The summed E-state index contributed by atoms with van der Waals surface area (Å²) < 4.78 is 12.8. The van der Waals surface area contributed by atoms with E-state index in [9.17, 15) is 4.79 Å². The molecule has 1 amide bonds. The summed E-state index contributed by atoms with van der Waals surface area (Å²) >= 11 is 0. The van der Waals surface area contributed by atoms with Gasteiger partial charge in [-0.2, -0.15) is 0 Å². The van der Waals surface area contributed by atoms with Crippen molar-refractivity contribution >= 4 is 6.09 Å². The van der Waals surface area contributed by atoms with Crippen LogP contribution in [0, 0.1) is 5.92 Å². The van der Waals surface area contributed by atoms with Gasteiger partial charge in [-0.1, -0.05) is 13.8 Å². The maximum Gasteiger partial charge on any atom is 0.407 e. The topological polar surface area (TPSA) is 65.4 Å². The van der Waals surface area contributed by atoms with E-state index in [1.807, 2.05) is 27.0 Å². The number of carbonyl (C=O) groups excluding carboxylic acids is 1. The first-order chi connectivity index (χ1) is 10.3. The van der Waals surface area contributed by atoms with Crippen LogP contribution >= 0.6 is 0 Å². The predicted molar refractivity (Wildman–Crippen MR) is 85.8 cm³/mol. The molecule has 1 heterocycles. The lowest BCUT2D eigenvalue weighted by molar-refractivity contribution is 0.0528. The van der Waals surface area contributed by atoms with Crippen molar-refractivity contribution in [2.75, 3.05) is 19.8 Å². The molecule has 22 heavy (non-hydrogen) atoms. The molecule has 1 N–H and O–H groups in total. The first-order valence-electron chi connectivity index (χ1n) is 7.81. The Bertz CT molecular complexity index is 450. The van der Waals surface area contributed by atoms with Crippen LogP contribution in [0.4, 0.5) is 4.79 Å². The minimum atomic E-state index is -0.473. The molecule has 126 valence electrons. The summed E-state index contributed by atoms with van der Waals surface area (Å²) in [5.74, 6) is 0.542. The quantitative estimate of drug-likeness (QED) is 0.750. The van der Waals surface area contributed by atoms with Gasteiger partial charge in [0, 0.05) is 38.0 Å². The Kier molecular flexibility index (Phi) is 7.38. The predicted octanol–water partition coefficient (Wildman–Crippen LogP) is 2.62. The number of carbonyl (C=O) groups is 1. The molecule has 0 radical (unpaired) electrons. The summed E-state index contributed by atoms with van der Waals surface area (Å²) in [6.07, 6.45) is 3.93. The molecule has 0 aliphatic carbocycles. The number of hydrogen-bond acceptors (Lipinski definition) is 4. The number of nitrogens with one attached hydrogen (secondary N) is 1. The SMILES string of the molecule is CC(C)COCCn1cncc1CCNC(=O)OC(C)(C)C. The molecule has 0 spiro atoms. The molecule has 0 atom stereocenters. The lowest BCUT2D eigenvalue weighted by atomic mass is 10.2. The van der Waals surface area contributed by atoms with E-state index >= 15 is 0 Å². The molecule has 0 saturated carbocycles. The summed E-state index contributed by atoms with van der Waals surface area (Å²) in [4.78, 5) is 15.7. The van der Waals surface area contributed by atoms with Crippen LogP contribution in [0.2, 0.25) is 0 Å². The third-order valence-corrected chi connectivity index (χ3v) is 2.78. The smallest absolute Gasteiger partial charge is 0.407 e. The van der Waals surface area contributed by atoms with Crippen molar-refractivity contribution in [3.63, 3.8) is 0 Å². The molecule has 1 aromatic rings. The number of imidazole rings is 1. The summed E-state index contributed by atoms with van der Waals surface area (Å²) in [7, 11) is 0. The van der Waals surface area contributed by atoms with E-state index in [0.717, 1.165) is 18.8 Å². The highest BCUT2D eigenvalue weighted by molar-refractivity contribution is 5.67. The molecule has 0 fully saturated rings. The number of nitrogens with zero attached hydrogens (tertiary/aromatic N) is 2. The van der Waals surface area contributed by atoms with E-state index in [1.165, 1.54) is 0 Å². The molecule has 0 bridgehead atoms. The zero-order valence-corrected chi connectivity index (χ0v) is 14.4. The van der Waals surface area contributed by atoms with Crippen LogP contribution in [0.15, 0.2) is 12.5 Å². The second-order valence-corrected chi connectivity index (χ2v) is 6.73. The van der Waals surface area contributed by atoms with Gasteiger partial charge in [-0.05, 0) is 26.7 Å². The molecule has 0 aliphatic heterocycles. The van der Waals surface area contributed by atoms with E-state index in [4.69, 9.17) is 9.47 Å². The van der Waals surface area contributed by atoms with Gasteiger partial charge in [0.2, 0.25) is 0 Å². The number of rotatable bonds is 8. The maximum absolute atomic E-state index is 11.6. The average Bonchev–Trinajstić information content (AvgIpc) is 2.80. The van der Waals surface area contributed by atoms with E-state index < -0.39 is 5.60 Å². The highest BCUT2D eigenvalue weighted by Crippen LogP contribution is 2.06. The normalized spacial score (nSPS) is 11.7. The Balaban J connectivity index is 2.29. The molecular formula is C16H29N3O3. The second kappa shape index (κ2) is 8.78. The monoisotopic (exact) mass is 311 g/mol. The van der Waals surface area contributed by atoms with Crippen LogP contribution in [0.5, 0.6) is 0 Å². The number of hydrogen-bond donors (Lipinski definition) is 1. The second-order valence-electron chi connectivity index (χ2n) is 6.73. The van der Waals surface area contributed by atoms with Gasteiger partial charge >= 0.3 is 6.09 Å². The summed E-state index contributed by atoms with van der Waals surface area (Å²) in [5.41, 5.74) is 0.601. The minimum Gasteiger partial charge on any atom is -0.444 e. The number of amides is 1. The van der Waals surface area contributed by atoms with Crippen LogP contribution in [0.25, 0.3) is 0 Å². The van der Waals surface area contributed by atoms with Crippen molar-refractivity contribution in [2.24, 2.45) is 5.92 Å². The highest BCUT2D eigenvalue weighted by Gasteiger charge is 2.15. The summed E-state index contributed by atoms with van der Waals surface area (Å²) in [5, 5.41) is 2.75. The first kappa shape index (κ1) is 18.5. The number of alkyl carbamates (subject to hydrolysis) is 1. The summed E-state index contributed by atoms with van der Waals surface area (Å²) in [6.45, 7) is 12.5. The van der Waals surface area contributed by atoms with Gasteiger partial charge < -0.3 is 19.4 Å². The van der Waals surface area contributed by atoms with Gasteiger partial charge in [0.25, 0.3) is 0 Å². The third kappa shape index (κ3) is 8.02. The summed E-state index contributed by atoms with van der Waals surface area (Å²) in [6, 6.07) is 0. The molecule has 0 aliphatic rings. The number of aromatic nitrogens is 2. The van der Waals surface area contributed by atoms with Gasteiger partial charge in [0.05, 0.1) is 12.9 Å².